The van der Waals surface area contributed by atoms with Crippen LogP contribution in [0.4, 0.5) is 5.95 Å². The fourth-order valence-electron chi connectivity index (χ4n) is 4.07. The van der Waals surface area contributed by atoms with Crippen molar-refractivity contribution in [2.75, 3.05) is 83.5 Å². The molecule has 1 atom stereocenters. The van der Waals surface area contributed by atoms with Crippen molar-refractivity contribution >= 4 is 11.9 Å². The molecule has 0 amide bonds. The van der Waals surface area contributed by atoms with Gasteiger partial charge in [0.05, 0.1) is 19.3 Å². The van der Waals surface area contributed by atoms with Gasteiger partial charge in [-0.15, -0.1) is 0 Å². The molecule has 0 aromatic carbocycles. The van der Waals surface area contributed by atoms with Crippen molar-refractivity contribution in [3.05, 3.63) is 18.5 Å². The average Bonchev–Trinajstić information content (AvgIpc) is 2.78. The predicted octanol–water partition coefficient (Wildman–Crippen LogP) is 0.511. The number of hydrogen-bond donors (Lipinski definition) is 2. The zero-order chi connectivity index (χ0) is 21.9. The van der Waals surface area contributed by atoms with Crippen LogP contribution in [0, 0.1) is 5.92 Å². The van der Waals surface area contributed by atoms with E-state index >= 15 is 0 Å². The number of aliphatic imine (C=N–C) groups is 1. The van der Waals surface area contributed by atoms with Gasteiger partial charge in [-0.2, -0.15) is 0 Å². The van der Waals surface area contributed by atoms with Gasteiger partial charge in [0.25, 0.3) is 0 Å². The van der Waals surface area contributed by atoms with Crippen molar-refractivity contribution in [1.29, 1.82) is 0 Å². The first-order valence-corrected chi connectivity index (χ1v) is 11.7. The summed E-state index contributed by atoms with van der Waals surface area (Å²) >= 11 is 0. The Balaban J connectivity index is 1.37. The van der Waals surface area contributed by atoms with Gasteiger partial charge in [-0.25, -0.2) is 9.97 Å². The van der Waals surface area contributed by atoms with Crippen LogP contribution in [-0.4, -0.2) is 110 Å². The lowest BCUT2D eigenvalue weighted by Crippen LogP contribution is -2.50. The highest BCUT2D eigenvalue weighted by molar-refractivity contribution is 5.79. The average molecular weight is 433 g/mol. The molecule has 0 aliphatic carbocycles. The molecule has 2 fully saturated rings. The van der Waals surface area contributed by atoms with E-state index in [4.69, 9.17) is 9.73 Å². The number of piperazine rings is 1. The Morgan fingerprint density at radius 1 is 1.13 bits per heavy atom. The van der Waals surface area contributed by atoms with Gasteiger partial charge >= 0.3 is 0 Å². The van der Waals surface area contributed by atoms with Crippen LogP contribution in [0.25, 0.3) is 0 Å². The van der Waals surface area contributed by atoms with E-state index < -0.39 is 0 Å². The lowest BCUT2D eigenvalue weighted by Gasteiger charge is -2.34. The van der Waals surface area contributed by atoms with Gasteiger partial charge in [0.2, 0.25) is 5.95 Å². The molecule has 2 aliphatic rings. The topological polar surface area (TPSA) is 81.2 Å². The van der Waals surface area contributed by atoms with Gasteiger partial charge in [-0.1, -0.05) is 13.8 Å². The lowest BCUT2D eigenvalue weighted by molar-refractivity contribution is -0.0261. The summed E-state index contributed by atoms with van der Waals surface area (Å²) in [5.74, 6) is 2.39. The molecule has 0 spiro atoms. The van der Waals surface area contributed by atoms with Crippen molar-refractivity contribution in [3.63, 3.8) is 0 Å². The fraction of sp³-hybridized carbons (Fsp3) is 0.773. The van der Waals surface area contributed by atoms with Crippen LogP contribution in [0.5, 0.6) is 0 Å². The van der Waals surface area contributed by atoms with Crippen molar-refractivity contribution in [2.45, 2.75) is 26.9 Å². The molecule has 1 aromatic heterocycles. The maximum Gasteiger partial charge on any atom is 0.225 e. The van der Waals surface area contributed by atoms with Crippen molar-refractivity contribution in [3.8, 4) is 0 Å². The fourth-order valence-corrected chi connectivity index (χ4v) is 4.07. The van der Waals surface area contributed by atoms with Crippen LogP contribution in [0.3, 0.4) is 0 Å². The highest BCUT2D eigenvalue weighted by Crippen LogP contribution is 2.10. The monoisotopic (exact) mass is 432 g/mol. The minimum absolute atomic E-state index is 0.177. The number of guanidine groups is 1. The Kier molecular flexibility index (Phi) is 9.77. The highest BCUT2D eigenvalue weighted by atomic mass is 16.5. The second-order valence-corrected chi connectivity index (χ2v) is 8.67. The molecule has 3 rings (SSSR count). The minimum atomic E-state index is 0.177. The Labute approximate surface area is 187 Å². The summed E-state index contributed by atoms with van der Waals surface area (Å²) in [4.78, 5) is 20.7. The molecule has 1 aromatic rings. The molecule has 0 bridgehead atoms. The summed E-state index contributed by atoms with van der Waals surface area (Å²) in [6.07, 6.45) is 3.79. The van der Waals surface area contributed by atoms with Gasteiger partial charge in [-0.3, -0.25) is 14.8 Å². The molecule has 2 saturated heterocycles. The minimum Gasteiger partial charge on any atom is -0.374 e. The molecule has 2 aliphatic heterocycles. The molecule has 31 heavy (non-hydrogen) atoms. The van der Waals surface area contributed by atoms with Crippen molar-refractivity contribution < 1.29 is 4.74 Å². The number of nitrogens with zero attached hydrogens (tertiary/aromatic N) is 6. The predicted molar refractivity (Wildman–Crippen MR) is 126 cm³/mol. The molecule has 1 unspecified atom stereocenters. The molecule has 0 radical (unpaired) electrons. The van der Waals surface area contributed by atoms with E-state index in [2.05, 4.69) is 56.1 Å². The van der Waals surface area contributed by atoms with E-state index in [0.29, 0.717) is 12.5 Å². The number of nitrogens with one attached hydrogen (secondary N) is 2. The molecular formula is C22H40N8O. The van der Waals surface area contributed by atoms with Gasteiger partial charge in [0.1, 0.15) is 0 Å². The summed E-state index contributed by atoms with van der Waals surface area (Å²) in [6, 6.07) is 1.86. The Morgan fingerprint density at radius 3 is 2.61 bits per heavy atom. The number of ether oxygens (including phenoxy) is 1. The van der Waals surface area contributed by atoms with E-state index in [1.165, 1.54) is 0 Å². The summed E-state index contributed by atoms with van der Waals surface area (Å²) in [5, 5.41) is 6.84. The summed E-state index contributed by atoms with van der Waals surface area (Å²) < 4.78 is 5.94. The van der Waals surface area contributed by atoms with E-state index in [1.807, 2.05) is 6.07 Å². The van der Waals surface area contributed by atoms with Gasteiger partial charge in [0.15, 0.2) is 5.96 Å². The van der Waals surface area contributed by atoms with Crippen LogP contribution in [0.1, 0.15) is 20.8 Å². The van der Waals surface area contributed by atoms with Crippen LogP contribution in [0.2, 0.25) is 0 Å². The zero-order valence-electron chi connectivity index (χ0n) is 19.5. The first kappa shape index (κ1) is 23.7. The first-order chi connectivity index (χ1) is 15.1. The van der Waals surface area contributed by atoms with Crippen LogP contribution in [-0.2, 0) is 4.74 Å². The second kappa shape index (κ2) is 12.8. The van der Waals surface area contributed by atoms with E-state index in [1.54, 1.807) is 12.4 Å². The third-order valence-electron chi connectivity index (χ3n) is 5.57. The smallest absolute Gasteiger partial charge is 0.225 e. The quantitative estimate of drug-likeness (QED) is 0.432. The first-order valence-electron chi connectivity index (χ1n) is 11.7. The highest BCUT2D eigenvalue weighted by Gasteiger charge is 2.21. The van der Waals surface area contributed by atoms with Crippen molar-refractivity contribution in [1.82, 2.24) is 30.4 Å². The molecule has 174 valence electrons. The standard InChI is InChI=1S/C22H40N8O/c1-4-23-21(27-16-20-18-29(14-15-31-20)17-19(2)3)24-8-9-28-10-12-30(13-11-28)22-25-6-5-7-26-22/h5-7,19-20H,4,8-18H2,1-3H3,(H2,23,24,27). The van der Waals surface area contributed by atoms with Gasteiger partial charge in [0, 0.05) is 77.8 Å². The van der Waals surface area contributed by atoms with E-state index in [-0.39, 0.29) is 6.10 Å². The normalized spacial score (nSPS) is 21.5. The number of morpholine rings is 1. The van der Waals surface area contributed by atoms with Crippen LogP contribution >= 0.6 is 0 Å². The maximum absolute atomic E-state index is 5.94. The van der Waals surface area contributed by atoms with E-state index in [9.17, 15) is 0 Å². The third-order valence-corrected chi connectivity index (χ3v) is 5.57. The third kappa shape index (κ3) is 8.23. The molecule has 0 saturated carbocycles. The number of rotatable bonds is 9. The van der Waals surface area contributed by atoms with E-state index in [0.717, 1.165) is 84.0 Å². The second-order valence-electron chi connectivity index (χ2n) is 8.67. The lowest BCUT2D eigenvalue weighted by atomic mass is 10.2. The SMILES string of the molecule is CCNC(=NCC1CN(CC(C)C)CCO1)NCCN1CCN(c2ncccn2)CC1. The number of anilines is 1. The Hall–Kier alpha value is -1.97. The summed E-state index contributed by atoms with van der Waals surface area (Å²) in [6.45, 7) is 18.0. The molecule has 9 heteroatoms. The zero-order valence-corrected chi connectivity index (χ0v) is 19.5. The molecular weight excluding hydrogens is 392 g/mol. The van der Waals surface area contributed by atoms with Crippen LogP contribution in [0.15, 0.2) is 23.5 Å². The number of aromatic nitrogens is 2. The van der Waals surface area contributed by atoms with Gasteiger partial charge in [-0.05, 0) is 18.9 Å². The summed E-state index contributed by atoms with van der Waals surface area (Å²) in [5.41, 5.74) is 0. The van der Waals surface area contributed by atoms with Crippen LogP contribution < -0.4 is 15.5 Å². The molecule has 2 N–H and O–H groups in total. The molecule has 9 nitrogen and oxygen atoms in total. The van der Waals surface area contributed by atoms with Crippen molar-refractivity contribution in [2.24, 2.45) is 10.9 Å². The Morgan fingerprint density at radius 2 is 1.90 bits per heavy atom. The largest absolute Gasteiger partial charge is 0.374 e. The Bertz CT molecular complexity index is 648. The summed E-state index contributed by atoms with van der Waals surface area (Å²) in [7, 11) is 0. The molecule has 3 heterocycles. The van der Waals surface area contributed by atoms with Gasteiger partial charge < -0.3 is 20.3 Å². The maximum atomic E-state index is 5.94. The number of hydrogen-bond acceptors (Lipinski definition) is 7.